The molecule has 1 aromatic carbocycles. The van der Waals surface area contributed by atoms with E-state index in [0.717, 1.165) is 44.8 Å². The van der Waals surface area contributed by atoms with Gasteiger partial charge in [0.1, 0.15) is 5.69 Å². The number of hydrogen-bond acceptors (Lipinski definition) is 5. The van der Waals surface area contributed by atoms with Gasteiger partial charge in [-0.3, -0.25) is 19.5 Å². The number of nitrogens with zero attached hydrogens (tertiary/aromatic N) is 2. The zero-order valence-electron chi connectivity index (χ0n) is 15.9. The zero-order chi connectivity index (χ0) is 19.6. The lowest BCUT2D eigenvalue weighted by molar-refractivity contribution is 0.0383. The Morgan fingerprint density at radius 3 is 2.54 bits per heavy atom. The summed E-state index contributed by atoms with van der Waals surface area (Å²) in [7, 11) is 0. The van der Waals surface area contributed by atoms with Gasteiger partial charge >= 0.3 is 0 Å². The van der Waals surface area contributed by atoms with Crippen LogP contribution in [0.3, 0.4) is 0 Å². The van der Waals surface area contributed by atoms with Crippen LogP contribution in [0.4, 0.5) is 0 Å². The summed E-state index contributed by atoms with van der Waals surface area (Å²) in [6, 6.07) is 13.1. The van der Waals surface area contributed by atoms with E-state index in [-0.39, 0.29) is 17.5 Å². The number of rotatable bonds is 8. The van der Waals surface area contributed by atoms with Crippen molar-refractivity contribution < 1.29 is 14.3 Å². The van der Waals surface area contributed by atoms with Crippen LogP contribution in [0.15, 0.2) is 48.7 Å². The van der Waals surface area contributed by atoms with Crippen LogP contribution >= 0.6 is 0 Å². The number of carbonyl (C=O) groups excluding carboxylic acids is 2. The van der Waals surface area contributed by atoms with Crippen LogP contribution in [-0.4, -0.2) is 67.6 Å². The molecule has 0 bridgehead atoms. The number of hydrogen-bond donors (Lipinski definition) is 2. The van der Waals surface area contributed by atoms with E-state index in [1.807, 2.05) is 30.3 Å². The average molecular weight is 382 g/mol. The van der Waals surface area contributed by atoms with Crippen molar-refractivity contribution in [2.45, 2.75) is 6.42 Å². The molecule has 2 heterocycles. The van der Waals surface area contributed by atoms with Crippen molar-refractivity contribution in [3.63, 3.8) is 0 Å². The summed E-state index contributed by atoms with van der Waals surface area (Å²) in [6.07, 6.45) is 2.25. The van der Waals surface area contributed by atoms with Gasteiger partial charge in [0.15, 0.2) is 0 Å². The van der Waals surface area contributed by atoms with Gasteiger partial charge in [-0.1, -0.05) is 30.3 Å². The highest BCUT2D eigenvalue weighted by Crippen LogP contribution is 2.03. The summed E-state index contributed by atoms with van der Waals surface area (Å²) >= 11 is 0. The predicted octanol–water partition coefficient (Wildman–Crippen LogP) is 1.12. The molecule has 1 fully saturated rings. The molecule has 1 aromatic heterocycles. The molecule has 0 saturated carbocycles. The van der Waals surface area contributed by atoms with E-state index >= 15 is 0 Å². The van der Waals surface area contributed by atoms with E-state index in [4.69, 9.17) is 4.74 Å². The average Bonchev–Trinajstić information content (AvgIpc) is 2.75. The lowest BCUT2D eigenvalue weighted by Gasteiger charge is -2.26. The van der Waals surface area contributed by atoms with Crippen LogP contribution in [0.5, 0.6) is 0 Å². The second-order valence-corrected chi connectivity index (χ2v) is 6.63. The van der Waals surface area contributed by atoms with E-state index in [1.54, 1.807) is 6.07 Å². The van der Waals surface area contributed by atoms with Gasteiger partial charge < -0.3 is 15.4 Å². The van der Waals surface area contributed by atoms with Crippen molar-refractivity contribution in [2.75, 3.05) is 45.9 Å². The van der Waals surface area contributed by atoms with E-state index < -0.39 is 0 Å². The Balaban J connectivity index is 1.45. The maximum atomic E-state index is 12.3. The molecule has 0 atom stereocenters. The van der Waals surface area contributed by atoms with Crippen LogP contribution in [0.1, 0.15) is 26.4 Å². The Morgan fingerprint density at radius 1 is 1.00 bits per heavy atom. The second kappa shape index (κ2) is 10.5. The molecule has 0 radical (unpaired) electrons. The van der Waals surface area contributed by atoms with Crippen molar-refractivity contribution in [1.29, 1.82) is 0 Å². The topological polar surface area (TPSA) is 83.6 Å². The van der Waals surface area contributed by atoms with Crippen LogP contribution in [0.2, 0.25) is 0 Å². The molecule has 1 aliphatic rings. The second-order valence-electron chi connectivity index (χ2n) is 6.63. The minimum Gasteiger partial charge on any atom is -0.379 e. The number of morpholine rings is 1. The van der Waals surface area contributed by atoms with Crippen LogP contribution in [-0.2, 0) is 11.2 Å². The predicted molar refractivity (Wildman–Crippen MR) is 106 cm³/mol. The monoisotopic (exact) mass is 382 g/mol. The number of ether oxygens (including phenoxy) is 1. The molecular formula is C21H26N4O3. The van der Waals surface area contributed by atoms with E-state index in [0.29, 0.717) is 18.7 Å². The number of carbonyl (C=O) groups is 2. The first-order valence-electron chi connectivity index (χ1n) is 9.59. The van der Waals surface area contributed by atoms with Gasteiger partial charge in [0.25, 0.3) is 11.8 Å². The van der Waals surface area contributed by atoms with Gasteiger partial charge in [0.2, 0.25) is 0 Å². The van der Waals surface area contributed by atoms with Crippen molar-refractivity contribution in [3.8, 4) is 0 Å². The fourth-order valence-corrected chi connectivity index (χ4v) is 3.01. The molecule has 1 saturated heterocycles. The molecule has 148 valence electrons. The van der Waals surface area contributed by atoms with Crippen LogP contribution in [0.25, 0.3) is 0 Å². The van der Waals surface area contributed by atoms with Gasteiger partial charge in [-0.2, -0.15) is 0 Å². The standard InChI is InChI=1S/C21H26N4O3/c26-20(23-8-6-17-4-2-1-3-5-17)18-7-9-22-19(16-18)21(27)24-10-11-25-12-14-28-15-13-25/h1-5,7,9,16H,6,8,10-15H2,(H,23,26)(H,24,27). The van der Waals surface area contributed by atoms with Gasteiger partial charge in [-0.15, -0.1) is 0 Å². The van der Waals surface area contributed by atoms with Gasteiger partial charge in [-0.05, 0) is 24.1 Å². The van der Waals surface area contributed by atoms with Crippen molar-refractivity contribution in [2.24, 2.45) is 0 Å². The van der Waals surface area contributed by atoms with Crippen LogP contribution < -0.4 is 10.6 Å². The third-order valence-corrected chi connectivity index (χ3v) is 4.61. The highest BCUT2D eigenvalue weighted by Gasteiger charge is 2.13. The molecule has 2 N–H and O–H groups in total. The Kier molecular flexibility index (Phi) is 7.52. The molecule has 0 aliphatic carbocycles. The maximum Gasteiger partial charge on any atom is 0.269 e. The first-order chi connectivity index (χ1) is 13.7. The highest BCUT2D eigenvalue weighted by atomic mass is 16.5. The summed E-state index contributed by atoms with van der Waals surface area (Å²) in [5, 5.41) is 5.74. The SMILES string of the molecule is O=C(NCCc1ccccc1)c1ccnc(C(=O)NCCN2CCOCC2)c1. The van der Waals surface area contributed by atoms with Gasteiger partial charge in [0.05, 0.1) is 13.2 Å². The Bertz CT molecular complexity index is 776. The number of aromatic nitrogens is 1. The number of amides is 2. The molecule has 0 unspecified atom stereocenters. The zero-order valence-corrected chi connectivity index (χ0v) is 15.9. The number of benzene rings is 1. The molecule has 7 heteroatoms. The summed E-state index contributed by atoms with van der Waals surface area (Å²) in [5.74, 6) is -0.479. The van der Waals surface area contributed by atoms with Gasteiger partial charge in [0, 0.05) is 44.5 Å². The Labute approximate surface area is 165 Å². The third kappa shape index (κ3) is 6.14. The third-order valence-electron chi connectivity index (χ3n) is 4.61. The van der Waals surface area contributed by atoms with Gasteiger partial charge in [-0.25, -0.2) is 0 Å². The van der Waals surface area contributed by atoms with E-state index in [1.165, 1.54) is 12.3 Å². The minimum absolute atomic E-state index is 0.208. The molecule has 2 aromatic rings. The summed E-state index contributed by atoms with van der Waals surface area (Å²) in [4.78, 5) is 31.0. The normalized spacial score (nSPS) is 14.4. The largest absolute Gasteiger partial charge is 0.379 e. The maximum absolute atomic E-state index is 12.3. The lowest BCUT2D eigenvalue weighted by atomic mass is 10.1. The summed E-state index contributed by atoms with van der Waals surface area (Å²) in [6.45, 7) is 5.07. The van der Waals surface area contributed by atoms with Crippen molar-refractivity contribution in [1.82, 2.24) is 20.5 Å². The first kappa shape index (κ1) is 20.0. The fraction of sp³-hybridized carbons (Fsp3) is 0.381. The molecule has 0 spiro atoms. The highest BCUT2D eigenvalue weighted by molar-refractivity contribution is 5.98. The van der Waals surface area contributed by atoms with E-state index in [9.17, 15) is 9.59 Å². The fourth-order valence-electron chi connectivity index (χ4n) is 3.01. The molecule has 2 amide bonds. The molecule has 7 nitrogen and oxygen atoms in total. The minimum atomic E-state index is -0.271. The Morgan fingerprint density at radius 2 is 1.75 bits per heavy atom. The van der Waals surface area contributed by atoms with Crippen molar-refractivity contribution in [3.05, 3.63) is 65.5 Å². The quantitative estimate of drug-likeness (QED) is 0.715. The number of nitrogens with one attached hydrogen (secondary N) is 2. The molecular weight excluding hydrogens is 356 g/mol. The van der Waals surface area contributed by atoms with Crippen LogP contribution in [0, 0.1) is 0 Å². The van der Waals surface area contributed by atoms with Crippen molar-refractivity contribution >= 4 is 11.8 Å². The Hall–Kier alpha value is -2.77. The molecule has 1 aliphatic heterocycles. The lowest BCUT2D eigenvalue weighted by Crippen LogP contribution is -2.41. The summed E-state index contributed by atoms with van der Waals surface area (Å²) < 4.78 is 5.31. The smallest absolute Gasteiger partial charge is 0.269 e. The molecule has 3 rings (SSSR count). The molecule has 28 heavy (non-hydrogen) atoms. The number of pyridine rings is 1. The summed E-state index contributed by atoms with van der Waals surface area (Å²) in [5.41, 5.74) is 1.84. The first-order valence-corrected chi connectivity index (χ1v) is 9.59. The van der Waals surface area contributed by atoms with E-state index in [2.05, 4.69) is 20.5 Å².